The number of carbonyl (C=O) groups excluding carboxylic acids is 1. The molecule has 1 aromatic rings. The Morgan fingerprint density at radius 2 is 1.94 bits per heavy atom. The highest BCUT2D eigenvalue weighted by molar-refractivity contribution is 7.17. The van der Waals surface area contributed by atoms with Gasteiger partial charge in [0.15, 0.2) is 5.13 Å². The van der Waals surface area contributed by atoms with Gasteiger partial charge in [0.25, 0.3) is 0 Å². The Kier molecular flexibility index (Phi) is 4.66. The maximum Gasteiger partial charge on any atom is 0.347 e. The SMILES string of the molecule is Cc1nc(NC(C)C(=O)NC(C)C)sc1C(=O)O. The van der Waals surface area contributed by atoms with Gasteiger partial charge in [0.2, 0.25) is 5.91 Å². The molecule has 0 spiro atoms. The second-order valence-corrected chi connectivity index (χ2v) is 5.27. The number of thiazole rings is 1. The van der Waals surface area contributed by atoms with Gasteiger partial charge in [0.1, 0.15) is 10.9 Å². The largest absolute Gasteiger partial charge is 0.477 e. The number of aryl methyl sites for hydroxylation is 1. The van der Waals surface area contributed by atoms with Crippen LogP contribution in [0.25, 0.3) is 0 Å². The first-order valence-corrected chi connectivity index (χ1v) is 6.40. The average molecular weight is 271 g/mol. The van der Waals surface area contributed by atoms with Crippen LogP contribution in [0.3, 0.4) is 0 Å². The molecule has 1 aromatic heterocycles. The van der Waals surface area contributed by atoms with Gasteiger partial charge in [-0.05, 0) is 27.7 Å². The number of amides is 1. The van der Waals surface area contributed by atoms with E-state index in [9.17, 15) is 9.59 Å². The van der Waals surface area contributed by atoms with E-state index < -0.39 is 12.0 Å². The molecule has 6 nitrogen and oxygen atoms in total. The molecule has 0 bridgehead atoms. The molecule has 100 valence electrons. The number of aromatic nitrogens is 1. The smallest absolute Gasteiger partial charge is 0.347 e. The van der Waals surface area contributed by atoms with Gasteiger partial charge in [-0.1, -0.05) is 11.3 Å². The van der Waals surface area contributed by atoms with Crippen LogP contribution >= 0.6 is 11.3 Å². The summed E-state index contributed by atoms with van der Waals surface area (Å²) in [6, 6.07) is -0.394. The van der Waals surface area contributed by atoms with Crippen molar-refractivity contribution in [1.29, 1.82) is 0 Å². The molecule has 0 saturated carbocycles. The lowest BCUT2D eigenvalue weighted by Gasteiger charge is -2.15. The Bertz CT molecular complexity index is 456. The quantitative estimate of drug-likeness (QED) is 0.754. The Hall–Kier alpha value is -1.63. The topological polar surface area (TPSA) is 91.3 Å². The van der Waals surface area contributed by atoms with E-state index in [1.807, 2.05) is 13.8 Å². The van der Waals surface area contributed by atoms with E-state index in [2.05, 4.69) is 15.6 Å². The van der Waals surface area contributed by atoms with E-state index >= 15 is 0 Å². The molecular weight excluding hydrogens is 254 g/mol. The lowest BCUT2D eigenvalue weighted by atomic mass is 10.3. The number of carboxylic acids is 1. The first-order valence-electron chi connectivity index (χ1n) is 5.59. The van der Waals surface area contributed by atoms with Gasteiger partial charge in [-0.25, -0.2) is 9.78 Å². The minimum atomic E-state index is -1.00. The van der Waals surface area contributed by atoms with Crippen LogP contribution in [-0.4, -0.2) is 34.1 Å². The van der Waals surface area contributed by atoms with Gasteiger partial charge in [0.05, 0.1) is 5.69 Å². The molecule has 7 heteroatoms. The summed E-state index contributed by atoms with van der Waals surface area (Å²) in [5, 5.41) is 15.0. The highest BCUT2D eigenvalue weighted by Crippen LogP contribution is 2.22. The third-order valence-corrected chi connectivity index (χ3v) is 3.23. The lowest BCUT2D eigenvalue weighted by Crippen LogP contribution is -2.40. The van der Waals surface area contributed by atoms with Gasteiger partial charge in [-0.15, -0.1) is 0 Å². The normalized spacial score (nSPS) is 12.3. The first kappa shape index (κ1) is 14.4. The summed E-state index contributed by atoms with van der Waals surface area (Å²) in [6.07, 6.45) is 0. The number of aromatic carboxylic acids is 1. The summed E-state index contributed by atoms with van der Waals surface area (Å²) in [7, 11) is 0. The number of rotatable bonds is 5. The number of carbonyl (C=O) groups is 2. The van der Waals surface area contributed by atoms with E-state index in [0.717, 1.165) is 11.3 Å². The second kappa shape index (κ2) is 5.81. The molecular formula is C11H17N3O3S. The standard InChI is InChI=1S/C11H17N3O3S/c1-5(2)12-9(15)7(4)14-11-13-6(3)8(18-11)10(16)17/h5,7H,1-4H3,(H,12,15)(H,13,14)(H,16,17). The highest BCUT2D eigenvalue weighted by Gasteiger charge is 2.18. The minimum absolute atomic E-state index is 0.0642. The fraction of sp³-hybridized carbons (Fsp3) is 0.545. The lowest BCUT2D eigenvalue weighted by molar-refractivity contribution is -0.122. The van der Waals surface area contributed by atoms with Crippen molar-refractivity contribution in [3.05, 3.63) is 10.6 Å². The summed E-state index contributed by atoms with van der Waals surface area (Å²) in [6.45, 7) is 7.08. The van der Waals surface area contributed by atoms with Crippen LogP contribution in [0.2, 0.25) is 0 Å². The average Bonchev–Trinajstić information content (AvgIpc) is 2.58. The van der Waals surface area contributed by atoms with Crippen LogP contribution in [0.15, 0.2) is 0 Å². The van der Waals surface area contributed by atoms with Crippen LogP contribution < -0.4 is 10.6 Å². The van der Waals surface area contributed by atoms with Crippen molar-refractivity contribution in [3.63, 3.8) is 0 Å². The van der Waals surface area contributed by atoms with Crippen molar-refractivity contribution in [2.45, 2.75) is 39.8 Å². The van der Waals surface area contributed by atoms with E-state index in [1.54, 1.807) is 13.8 Å². The molecule has 1 amide bonds. The Morgan fingerprint density at radius 1 is 1.33 bits per heavy atom. The second-order valence-electron chi connectivity index (χ2n) is 4.27. The monoisotopic (exact) mass is 271 g/mol. The number of hydrogen-bond acceptors (Lipinski definition) is 5. The van der Waals surface area contributed by atoms with Gasteiger partial charge >= 0.3 is 5.97 Å². The summed E-state index contributed by atoms with van der Waals surface area (Å²) >= 11 is 1.03. The first-order chi connectivity index (χ1) is 8.31. The van der Waals surface area contributed by atoms with Crippen molar-refractivity contribution in [1.82, 2.24) is 10.3 Å². The summed E-state index contributed by atoms with van der Waals surface area (Å²) in [5.74, 6) is -1.15. The van der Waals surface area contributed by atoms with Gasteiger partial charge in [-0.3, -0.25) is 4.79 Å². The van der Waals surface area contributed by atoms with Crippen LogP contribution in [0.1, 0.15) is 36.1 Å². The predicted molar refractivity (Wildman–Crippen MR) is 70.2 cm³/mol. The van der Waals surface area contributed by atoms with Gasteiger partial charge in [-0.2, -0.15) is 0 Å². The molecule has 0 radical (unpaired) electrons. The molecule has 18 heavy (non-hydrogen) atoms. The van der Waals surface area contributed by atoms with E-state index in [0.29, 0.717) is 10.8 Å². The van der Waals surface area contributed by atoms with E-state index in [1.165, 1.54) is 0 Å². The third-order valence-electron chi connectivity index (χ3n) is 2.16. The molecule has 0 saturated heterocycles. The van der Waals surface area contributed by atoms with E-state index in [-0.39, 0.29) is 16.8 Å². The van der Waals surface area contributed by atoms with E-state index in [4.69, 9.17) is 5.11 Å². The molecule has 0 aliphatic heterocycles. The maximum absolute atomic E-state index is 11.7. The van der Waals surface area contributed by atoms with Crippen molar-refractivity contribution >= 4 is 28.3 Å². The van der Waals surface area contributed by atoms with Crippen LogP contribution in [0.5, 0.6) is 0 Å². The molecule has 0 aliphatic carbocycles. The third kappa shape index (κ3) is 3.69. The molecule has 1 rings (SSSR count). The number of nitrogens with one attached hydrogen (secondary N) is 2. The summed E-state index contributed by atoms with van der Waals surface area (Å²) in [4.78, 5) is 26.8. The molecule has 3 N–H and O–H groups in total. The van der Waals surface area contributed by atoms with Crippen LogP contribution in [-0.2, 0) is 4.79 Å². The zero-order valence-electron chi connectivity index (χ0n) is 10.8. The Balaban J connectivity index is 2.70. The predicted octanol–water partition coefficient (Wildman–Crippen LogP) is 1.47. The maximum atomic E-state index is 11.7. The molecule has 0 aromatic carbocycles. The van der Waals surface area contributed by atoms with Crippen molar-refractivity contribution in [2.75, 3.05) is 5.32 Å². The molecule has 0 aliphatic rings. The molecule has 0 fully saturated rings. The fourth-order valence-corrected chi connectivity index (χ4v) is 2.21. The van der Waals surface area contributed by atoms with Crippen molar-refractivity contribution in [3.8, 4) is 0 Å². The minimum Gasteiger partial charge on any atom is -0.477 e. The number of hydrogen-bond donors (Lipinski definition) is 3. The van der Waals surface area contributed by atoms with Crippen molar-refractivity contribution in [2.24, 2.45) is 0 Å². The van der Waals surface area contributed by atoms with Crippen molar-refractivity contribution < 1.29 is 14.7 Å². The number of anilines is 1. The summed E-state index contributed by atoms with van der Waals surface area (Å²) < 4.78 is 0. The number of nitrogens with zero attached hydrogens (tertiary/aromatic N) is 1. The van der Waals surface area contributed by atoms with Crippen LogP contribution in [0, 0.1) is 6.92 Å². The zero-order valence-corrected chi connectivity index (χ0v) is 11.6. The number of carboxylic acid groups (broad SMARTS) is 1. The molecule has 1 heterocycles. The van der Waals surface area contributed by atoms with Gasteiger partial charge in [0, 0.05) is 6.04 Å². The van der Waals surface area contributed by atoms with Crippen LogP contribution in [0.4, 0.5) is 5.13 Å². The van der Waals surface area contributed by atoms with Gasteiger partial charge < -0.3 is 15.7 Å². The summed E-state index contributed by atoms with van der Waals surface area (Å²) in [5.41, 5.74) is 0.450. The highest BCUT2D eigenvalue weighted by atomic mass is 32.1. The Morgan fingerprint density at radius 3 is 2.39 bits per heavy atom. The Labute approximate surface area is 109 Å². The fourth-order valence-electron chi connectivity index (χ4n) is 1.32. The zero-order chi connectivity index (χ0) is 13.9. The molecule has 1 atom stereocenters. The molecule has 1 unspecified atom stereocenters.